The minimum Gasteiger partial charge on any atom is -0.348 e. The minimum absolute atomic E-state index is 0.0613. The van der Waals surface area contributed by atoms with Crippen LogP contribution in [0.3, 0.4) is 0 Å². The van der Waals surface area contributed by atoms with E-state index < -0.39 is 11.6 Å². The summed E-state index contributed by atoms with van der Waals surface area (Å²) in [4.78, 5) is 17.5. The lowest BCUT2D eigenvalue weighted by molar-refractivity contribution is -0.119. The molecule has 0 saturated heterocycles. The molecule has 1 atom stereocenters. The van der Waals surface area contributed by atoms with Crippen LogP contribution in [0.5, 0.6) is 0 Å². The van der Waals surface area contributed by atoms with Crippen molar-refractivity contribution in [3.05, 3.63) is 69.1 Å². The molecule has 1 spiro atoms. The summed E-state index contributed by atoms with van der Waals surface area (Å²) < 4.78 is 1.02. The van der Waals surface area contributed by atoms with Gasteiger partial charge >= 0.3 is 0 Å². The Balaban J connectivity index is 1.94. The summed E-state index contributed by atoms with van der Waals surface area (Å²) in [6.07, 6.45) is 0. The number of hydrogen-bond acceptors (Lipinski definition) is 6. The maximum absolute atomic E-state index is 13.1. The van der Waals surface area contributed by atoms with Crippen molar-refractivity contribution < 1.29 is 4.79 Å². The number of halogens is 1. The smallest absolute Gasteiger partial charge is 0.277 e. The summed E-state index contributed by atoms with van der Waals surface area (Å²) in [7, 11) is 0. The fourth-order valence-corrected chi connectivity index (χ4v) is 3.40. The van der Waals surface area contributed by atoms with Crippen LogP contribution in [0.4, 0.5) is 11.4 Å². The van der Waals surface area contributed by atoms with Gasteiger partial charge in [0, 0.05) is 9.13 Å². The van der Waals surface area contributed by atoms with E-state index in [1.165, 1.54) is 0 Å². The first kappa shape index (κ1) is 17.1. The minimum atomic E-state index is -1.51. The van der Waals surface area contributed by atoms with E-state index in [0.717, 1.165) is 3.57 Å². The summed E-state index contributed by atoms with van der Waals surface area (Å²) in [5, 5.41) is 27.8. The molecule has 0 bridgehead atoms. The molecule has 2 aliphatic rings. The standard InChI is InChI=1S/C19H11IN6O/c20-12-7-5-11(6-8-12)17-19(26-16(10-22)15(9-21)23-17)18(27)24-13-3-1-2-4-14(13)25-19/h1-8,25-26H,(H,24,27). The molecule has 3 N–H and O–H groups in total. The molecule has 0 radical (unpaired) electrons. The number of nitriles is 2. The van der Waals surface area contributed by atoms with Crippen molar-refractivity contribution >= 4 is 45.6 Å². The summed E-state index contributed by atoms with van der Waals surface area (Å²) in [6, 6.07) is 18.5. The molecule has 4 rings (SSSR count). The molecule has 2 aromatic rings. The molecular formula is C19H11IN6O. The van der Waals surface area contributed by atoms with Crippen molar-refractivity contribution in [3.8, 4) is 12.1 Å². The highest BCUT2D eigenvalue weighted by Crippen LogP contribution is 2.34. The predicted octanol–water partition coefficient (Wildman–Crippen LogP) is 2.70. The SMILES string of the molecule is N#CC1=C(C#N)NC2(Nc3ccccc3NC2=O)C(c2ccc(I)cc2)=N1. The Hall–Kier alpha value is -3.37. The third kappa shape index (κ3) is 2.71. The van der Waals surface area contributed by atoms with Gasteiger partial charge in [0.25, 0.3) is 5.91 Å². The lowest BCUT2D eigenvalue weighted by atomic mass is 9.91. The van der Waals surface area contributed by atoms with Crippen LogP contribution in [-0.2, 0) is 4.79 Å². The first-order chi connectivity index (χ1) is 13.1. The molecule has 2 aromatic carbocycles. The zero-order valence-corrected chi connectivity index (χ0v) is 15.9. The van der Waals surface area contributed by atoms with Gasteiger partial charge in [-0.25, -0.2) is 4.99 Å². The molecule has 2 heterocycles. The number of para-hydroxylation sites is 2. The third-order valence-corrected chi connectivity index (χ3v) is 5.02. The topological polar surface area (TPSA) is 113 Å². The van der Waals surface area contributed by atoms with Crippen molar-refractivity contribution in [3.63, 3.8) is 0 Å². The first-order valence-corrected chi connectivity index (χ1v) is 9.02. The van der Waals surface area contributed by atoms with E-state index in [1.54, 1.807) is 6.07 Å². The summed E-state index contributed by atoms with van der Waals surface area (Å²) >= 11 is 2.18. The second kappa shape index (κ2) is 6.41. The highest BCUT2D eigenvalue weighted by molar-refractivity contribution is 14.1. The molecule has 0 aliphatic carbocycles. The van der Waals surface area contributed by atoms with Gasteiger partial charge in [-0.1, -0.05) is 24.3 Å². The number of carbonyl (C=O) groups excluding carboxylic acids is 1. The van der Waals surface area contributed by atoms with Gasteiger partial charge in [-0.15, -0.1) is 0 Å². The van der Waals surface area contributed by atoms with E-state index in [4.69, 9.17) is 0 Å². The van der Waals surface area contributed by atoms with Gasteiger partial charge in [0.15, 0.2) is 11.4 Å². The molecule has 130 valence electrons. The van der Waals surface area contributed by atoms with Crippen molar-refractivity contribution in [2.24, 2.45) is 4.99 Å². The Morgan fingerprint density at radius 1 is 0.963 bits per heavy atom. The van der Waals surface area contributed by atoms with Gasteiger partial charge in [0.1, 0.15) is 17.9 Å². The molecule has 1 unspecified atom stereocenters. The summed E-state index contributed by atoms with van der Waals surface area (Å²) in [5.41, 5.74) is 0.660. The zero-order valence-electron chi connectivity index (χ0n) is 13.7. The Bertz CT molecular complexity index is 1110. The second-order valence-corrected chi connectivity index (χ2v) is 7.16. The number of benzene rings is 2. The van der Waals surface area contributed by atoms with E-state index in [2.05, 4.69) is 43.5 Å². The van der Waals surface area contributed by atoms with E-state index in [1.807, 2.05) is 54.6 Å². The highest BCUT2D eigenvalue weighted by atomic mass is 127. The predicted molar refractivity (Wildman–Crippen MR) is 109 cm³/mol. The monoisotopic (exact) mass is 466 g/mol. The molecule has 1 amide bonds. The number of allylic oxidation sites excluding steroid dienone is 2. The maximum Gasteiger partial charge on any atom is 0.277 e. The molecule has 0 aromatic heterocycles. The average molecular weight is 466 g/mol. The van der Waals surface area contributed by atoms with Crippen molar-refractivity contribution in [1.82, 2.24) is 5.32 Å². The van der Waals surface area contributed by atoms with Gasteiger partial charge in [0.05, 0.1) is 11.4 Å². The van der Waals surface area contributed by atoms with Crippen molar-refractivity contribution in [2.45, 2.75) is 5.66 Å². The summed E-state index contributed by atoms with van der Waals surface area (Å²) in [5.74, 6) is -0.414. The van der Waals surface area contributed by atoms with Gasteiger partial charge in [-0.3, -0.25) is 4.79 Å². The fourth-order valence-electron chi connectivity index (χ4n) is 3.04. The van der Waals surface area contributed by atoms with Crippen LogP contribution in [0.25, 0.3) is 0 Å². The van der Waals surface area contributed by atoms with Crippen LogP contribution in [0.2, 0.25) is 0 Å². The lowest BCUT2D eigenvalue weighted by Gasteiger charge is -2.41. The molecule has 8 heteroatoms. The number of nitrogens with one attached hydrogen (secondary N) is 3. The van der Waals surface area contributed by atoms with Crippen LogP contribution < -0.4 is 16.0 Å². The number of carbonyl (C=O) groups is 1. The molecular weight excluding hydrogens is 455 g/mol. The number of rotatable bonds is 1. The number of amides is 1. The normalized spacial score (nSPS) is 20.4. The Morgan fingerprint density at radius 3 is 2.33 bits per heavy atom. The molecule has 0 saturated carbocycles. The van der Waals surface area contributed by atoms with E-state index in [0.29, 0.717) is 22.6 Å². The van der Waals surface area contributed by atoms with E-state index in [9.17, 15) is 15.3 Å². The Morgan fingerprint density at radius 2 is 1.67 bits per heavy atom. The van der Waals surface area contributed by atoms with Crippen LogP contribution in [-0.4, -0.2) is 17.3 Å². The van der Waals surface area contributed by atoms with Gasteiger partial charge in [-0.05, 0) is 46.9 Å². The molecule has 7 nitrogen and oxygen atoms in total. The zero-order chi connectivity index (χ0) is 19.0. The van der Waals surface area contributed by atoms with Gasteiger partial charge in [0.2, 0.25) is 5.66 Å². The highest BCUT2D eigenvalue weighted by Gasteiger charge is 2.50. The number of nitrogens with zero attached hydrogens (tertiary/aromatic N) is 3. The first-order valence-electron chi connectivity index (χ1n) is 7.94. The molecule has 2 aliphatic heterocycles. The number of aliphatic imine (C=N–C) groups is 1. The van der Waals surface area contributed by atoms with Crippen LogP contribution >= 0.6 is 22.6 Å². The van der Waals surface area contributed by atoms with Gasteiger partial charge < -0.3 is 16.0 Å². The second-order valence-electron chi connectivity index (χ2n) is 5.91. The average Bonchev–Trinajstić information content (AvgIpc) is 2.69. The number of anilines is 2. The number of hydrogen-bond donors (Lipinski definition) is 3. The quantitative estimate of drug-likeness (QED) is 0.560. The Kier molecular flexibility index (Phi) is 4.05. The molecule has 27 heavy (non-hydrogen) atoms. The fraction of sp³-hybridized carbons (Fsp3) is 0.0526. The summed E-state index contributed by atoms with van der Waals surface area (Å²) in [6.45, 7) is 0. The van der Waals surface area contributed by atoms with Crippen molar-refractivity contribution in [1.29, 1.82) is 10.5 Å². The number of fused-ring (bicyclic) bond motifs is 1. The van der Waals surface area contributed by atoms with Crippen LogP contribution in [0.15, 0.2) is 64.9 Å². The van der Waals surface area contributed by atoms with Crippen molar-refractivity contribution in [2.75, 3.05) is 10.6 Å². The van der Waals surface area contributed by atoms with E-state index in [-0.39, 0.29) is 11.4 Å². The largest absolute Gasteiger partial charge is 0.348 e. The van der Waals surface area contributed by atoms with E-state index >= 15 is 0 Å². The third-order valence-electron chi connectivity index (χ3n) is 4.30. The van der Waals surface area contributed by atoms with Crippen LogP contribution in [0.1, 0.15) is 5.56 Å². The maximum atomic E-state index is 13.1. The van der Waals surface area contributed by atoms with Gasteiger partial charge in [-0.2, -0.15) is 10.5 Å². The lowest BCUT2D eigenvalue weighted by Crippen LogP contribution is -2.68. The molecule has 0 fully saturated rings. The Labute approximate surface area is 168 Å². The van der Waals surface area contributed by atoms with Crippen LogP contribution in [0, 0.1) is 26.2 Å².